The number of aliphatic hydroxyl groups is 1. The van der Waals surface area contributed by atoms with Crippen LogP contribution in [0.5, 0.6) is 11.5 Å². The Morgan fingerprint density at radius 3 is 2.69 bits per heavy atom. The highest BCUT2D eigenvalue weighted by Gasteiger charge is 2.22. The first-order chi connectivity index (χ1) is 12.8. The lowest BCUT2D eigenvalue weighted by Gasteiger charge is -2.09. The summed E-state index contributed by atoms with van der Waals surface area (Å²) in [5.74, 6) is 2.33. The third-order valence-electron chi connectivity index (χ3n) is 4.47. The average Bonchev–Trinajstić information content (AvgIpc) is 3.38. The largest absolute Gasteiger partial charge is 0.493 e. The SMILES string of the molecule is CCC1COc2cc(OCc3ccc(-n4cccn4)cc3)ccc21.CO. The van der Waals surface area contributed by atoms with Crippen LogP contribution in [0.25, 0.3) is 5.69 Å². The van der Waals surface area contributed by atoms with Gasteiger partial charge in [0.15, 0.2) is 0 Å². The van der Waals surface area contributed by atoms with Crippen molar-refractivity contribution < 1.29 is 14.6 Å². The number of fused-ring (bicyclic) bond motifs is 1. The number of aliphatic hydroxyl groups excluding tert-OH is 1. The van der Waals surface area contributed by atoms with E-state index in [1.165, 1.54) is 5.56 Å². The van der Waals surface area contributed by atoms with Crippen molar-refractivity contribution in [2.24, 2.45) is 0 Å². The van der Waals surface area contributed by atoms with Gasteiger partial charge in [-0.2, -0.15) is 5.10 Å². The highest BCUT2D eigenvalue weighted by molar-refractivity contribution is 5.45. The summed E-state index contributed by atoms with van der Waals surface area (Å²) < 4.78 is 13.5. The van der Waals surface area contributed by atoms with Gasteiger partial charge in [0.1, 0.15) is 18.1 Å². The van der Waals surface area contributed by atoms with E-state index < -0.39 is 0 Å². The summed E-state index contributed by atoms with van der Waals surface area (Å²) >= 11 is 0. The molecule has 0 amide bonds. The van der Waals surface area contributed by atoms with Gasteiger partial charge >= 0.3 is 0 Å². The molecule has 1 N–H and O–H groups in total. The number of rotatable bonds is 5. The van der Waals surface area contributed by atoms with Crippen LogP contribution in [0.3, 0.4) is 0 Å². The second kappa shape index (κ2) is 8.54. The predicted molar refractivity (Wildman–Crippen MR) is 101 cm³/mol. The van der Waals surface area contributed by atoms with Gasteiger partial charge < -0.3 is 14.6 Å². The fourth-order valence-electron chi connectivity index (χ4n) is 3.02. The molecular weight excluding hydrogens is 328 g/mol. The number of benzene rings is 2. The van der Waals surface area contributed by atoms with Crippen molar-refractivity contribution in [3.8, 4) is 17.2 Å². The standard InChI is InChI=1S/C20H20N2O2.CH4O/c1-2-16-14-24-20-12-18(8-9-19(16)20)23-13-15-4-6-17(7-5-15)22-11-3-10-21-22;1-2/h3-12,16H,2,13-14H2,1H3;2H,1H3. The monoisotopic (exact) mass is 352 g/mol. The van der Waals surface area contributed by atoms with E-state index in [0.717, 1.165) is 42.9 Å². The van der Waals surface area contributed by atoms with E-state index in [9.17, 15) is 0 Å². The molecule has 3 aromatic rings. The summed E-state index contributed by atoms with van der Waals surface area (Å²) in [4.78, 5) is 0. The second-order valence-electron chi connectivity index (χ2n) is 6.02. The third kappa shape index (κ3) is 3.89. The molecule has 5 heteroatoms. The van der Waals surface area contributed by atoms with E-state index in [0.29, 0.717) is 12.5 Å². The lowest BCUT2D eigenvalue weighted by atomic mass is 9.99. The predicted octanol–water partition coefficient (Wildman–Crippen LogP) is 3.95. The first-order valence-corrected chi connectivity index (χ1v) is 8.76. The zero-order chi connectivity index (χ0) is 18.4. The van der Waals surface area contributed by atoms with Crippen molar-refractivity contribution in [1.82, 2.24) is 9.78 Å². The molecule has 0 spiro atoms. The molecular formula is C21H24N2O3. The van der Waals surface area contributed by atoms with E-state index in [1.54, 1.807) is 6.20 Å². The van der Waals surface area contributed by atoms with Crippen LogP contribution in [-0.2, 0) is 6.61 Å². The Labute approximate surface area is 153 Å². The third-order valence-corrected chi connectivity index (χ3v) is 4.47. The zero-order valence-electron chi connectivity index (χ0n) is 15.1. The molecule has 0 saturated heterocycles. The molecule has 0 saturated carbocycles. The van der Waals surface area contributed by atoms with Crippen LogP contribution in [0.15, 0.2) is 60.9 Å². The fourth-order valence-corrected chi connectivity index (χ4v) is 3.02. The minimum atomic E-state index is 0.517. The Balaban J connectivity index is 0.000000948. The highest BCUT2D eigenvalue weighted by atomic mass is 16.5. The van der Waals surface area contributed by atoms with Crippen molar-refractivity contribution in [2.75, 3.05) is 13.7 Å². The topological polar surface area (TPSA) is 56.5 Å². The lowest BCUT2D eigenvalue weighted by molar-refractivity contribution is 0.300. The minimum Gasteiger partial charge on any atom is -0.493 e. The second-order valence-corrected chi connectivity index (χ2v) is 6.02. The summed E-state index contributed by atoms with van der Waals surface area (Å²) in [5, 5.41) is 11.2. The van der Waals surface area contributed by atoms with Gasteiger partial charge in [-0.15, -0.1) is 0 Å². The maximum Gasteiger partial charge on any atom is 0.126 e. The molecule has 1 aliphatic heterocycles. The van der Waals surface area contributed by atoms with Gasteiger partial charge in [0.2, 0.25) is 0 Å². The first kappa shape index (κ1) is 18.0. The van der Waals surface area contributed by atoms with Gasteiger partial charge in [-0.25, -0.2) is 4.68 Å². The van der Waals surface area contributed by atoms with Gasteiger partial charge in [0.05, 0.1) is 12.3 Å². The minimum absolute atomic E-state index is 0.517. The maximum atomic E-state index is 7.00. The molecule has 1 aromatic heterocycles. The lowest BCUT2D eigenvalue weighted by Crippen LogP contribution is -1.98. The Bertz CT molecular complexity index is 814. The zero-order valence-corrected chi connectivity index (χ0v) is 15.1. The van der Waals surface area contributed by atoms with E-state index in [-0.39, 0.29) is 0 Å². The van der Waals surface area contributed by atoms with Gasteiger partial charge in [-0.1, -0.05) is 25.1 Å². The summed E-state index contributed by atoms with van der Waals surface area (Å²) in [7, 11) is 1.00. The Kier molecular flexibility index (Phi) is 5.92. The van der Waals surface area contributed by atoms with Crippen LogP contribution in [0, 0.1) is 0 Å². The first-order valence-electron chi connectivity index (χ1n) is 8.76. The van der Waals surface area contributed by atoms with Crippen molar-refractivity contribution in [3.63, 3.8) is 0 Å². The van der Waals surface area contributed by atoms with Crippen molar-refractivity contribution in [3.05, 3.63) is 72.1 Å². The van der Waals surface area contributed by atoms with Gasteiger partial charge in [-0.3, -0.25) is 0 Å². The molecule has 4 rings (SSSR count). The maximum absolute atomic E-state index is 7.00. The van der Waals surface area contributed by atoms with E-state index in [1.807, 2.05) is 41.2 Å². The summed E-state index contributed by atoms with van der Waals surface area (Å²) in [5.41, 5.74) is 3.47. The van der Waals surface area contributed by atoms with E-state index in [4.69, 9.17) is 14.6 Å². The molecule has 0 fully saturated rings. The van der Waals surface area contributed by atoms with Crippen LogP contribution in [0.1, 0.15) is 30.4 Å². The summed E-state index contributed by atoms with van der Waals surface area (Å²) in [6.07, 6.45) is 4.81. The molecule has 0 radical (unpaired) electrons. The van der Waals surface area contributed by atoms with Gasteiger partial charge in [0.25, 0.3) is 0 Å². The Morgan fingerprint density at radius 2 is 2.00 bits per heavy atom. The Hall–Kier alpha value is -2.79. The summed E-state index contributed by atoms with van der Waals surface area (Å²) in [6, 6.07) is 16.3. The number of hydrogen-bond donors (Lipinski definition) is 1. The van der Waals surface area contributed by atoms with E-state index in [2.05, 4.69) is 30.2 Å². The molecule has 5 nitrogen and oxygen atoms in total. The van der Waals surface area contributed by atoms with Crippen molar-refractivity contribution >= 4 is 0 Å². The quantitative estimate of drug-likeness (QED) is 0.755. The van der Waals surface area contributed by atoms with Crippen molar-refractivity contribution in [1.29, 1.82) is 0 Å². The molecule has 0 bridgehead atoms. The fraction of sp³-hybridized carbons (Fsp3) is 0.286. The average molecular weight is 352 g/mol. The smallest absolute Gasteiger partial charge is 0.126 e. The molecule has 136 valence electrons. The molecule has 1 unspecified atom stereocenters. The summed E-state index contributed by atoms with van der Waals surface area (Å²) in [6.45, 7) is 3.51. The molecule has 1 aliphatic rings. The molecule has 26 heavy (non-hydrogen) atoms. The van der Waals surface area contributed by atoms with Crippen LogP contribution < -0.4 is 9.47 Å². The number of hydrogen-bond acceptors (Lipinski definition) is 4. The highest BCUT2D eigenvalue weighted by Crippen LogP contribution is 2.38. The van der Waals surface area contributed by atoms with Gasteiger partial charge in [-0.05, 0) is 36.2 Å². The molecule has 2 heterocycles. The van der Waals surface area contributed by atoms with E-state index >= 15 is 0 Å². The van der Waals surface area contributed by atoms with Crippen molar-refractivity contribution in [2.45, 2.75) is 25.9 Å². The van der Waals surface area contributed by atoms with Crippen LogP contribution in [0.2, 0.25) is 0 Å². The normalized spacial score (nSPS) is 14.8. The van der Waals surface area contributed by atoms with Crippen LogP contribution in [-0.4, -0.2) is 28.6 Å². The van der Waals surface area contributed by atoms with Crippen LogP contribution >= 0.6 is 0 Å². The Morgan fingerprint density at radius 1 is 1.19 bits per heavy atom. The number of aromatic nitrogens is 2. The molecule has 1 atom stereocenters. The number of ether oxygens (including phenoxy) is 2. The van der Waals surface area contributed by atoms with Crippen LogP contribution in [0.4, 0.5) is 0 Å². The molecule has 0 aliphatic carbocycles. The molecule has 2 aromatic carbocycles. The number of nitrogens with zero attached hydrogens (tertiary/aromatic N) is 2. The van der Waals surface area contributed by atoms with Gasteiger partial charge in [0, 0.05) is 37.1 Å².